The van der Waals surface area contributed by atoms with Crippen molar-refractivity contribution in [2.24, 2.45) is 0 Å². The van der Waals surface area contributed by atoms with Gasteiger partial charge in [-0.2, -0.15) is 0 Å². The van der Waals surface area contributed by atoms with Gasteiger partial charge in [0.1, 0.15) is 5.75 Å². The highest BCUT2D eigenvalue weighted by atomic mass is 16.5. The lowest BCUT2D eigenvalue weighted by Gasteiger charge is -2.46. The van der Waals surface area contributed by atoms with Gasteiger partial charge in [0.2, 0.25) is 0 Å². The zero-order chi connectivity index (χ0) is 24.1. The summed E-state index contributed by atoms with van der Waals surface area (Å²) in [6, 6.07) is 18.5. The summed E-state index contributed by atoms with van der Waals surface area (Å²) in [4.78, 5) is 15.2. The molecule has 2 aliphatic rings. The molecule has 34 heavy (non-hydrogen) atoms. The maximum absolute atomic E-state index is 13.2. The third-order valence-electron chi connectivity index (χ3n) is 6.79. The zero-order valence-electron chi connectivity index (χ0n) is 20.5. The molecule has 0 saturated carbocycles. The van der Waals surface area contributed by atoms with Crippen molar-refractivity contribution in [2.45, 2.75) is 45.1 Å². The topological polar surface area (TPSA) is 46.5 Å². The van der Waals surface area contributed by atoms with Crippen LogP contribution in [-0.2, 0) is 12.0 Å². The Morgan fingerprint density at radius 1 is 1.12 bits per heavy atom. The van der Waals surface area contributed by atoms with Gasteiger partial charge in [0.05, 0.1) is 24.0 Å². The number of nitrogens with one attached hydrogen (secondary N) is 1. The van der Waals surface area contributed by atoms with E-state index >= 15 is 0 Å². The summed E-state index contributed by atoms with van der Waals surface area (Å²) < 4.78 is 7.72. The van der Waals surface area contributed by atoms with Gasteiger partial charge in [0.25, 0.3) is 5.91 Å². The van der Waals surface area contributed by atoms with E-state index in [0.29, 0.717) is 13.1 Å². The summed E-state index contributed by atoms with van der Waals surface area (Å²) in [6.45, 7) is 9.23. The quantitative estimate of drug-likeness (QED) is 0.465. The number of amides is 1. The molecule has 3 heterocycles. The van der Waals surface area contributed by atoms with E-state index in [1.54, 1.807) is 7.11 Å². The van der Waals surface area contributed by atoms with Crippen molar-refractivity contribution in [3.8, 4) is 11.4 Å². The lowest BCUT2D eigenvalue weighted by Crippen LogP contribution is -2.51. The van der Waals surface area contributed by atoms with E-state index in [0.717, 1.165) is 48.4 Å². The first-order chi connectivity index (χ1) is 16.6. The number of nitrogens with zero attached hydrogens (tertiary/aromatic N) is 2. The molecule has 1 saturated heterocycles. The lowest BCUT2D eigenvalue weighted by atomic mass is 9.82. The highest BCUT2D eigenvalue weighted by molar-refractivity contribution is 5.94. The molecule has 1 aromatic heterocycles. The summed E-state index contributed by atoms with van der Waals surface area (Å²) >= 11 is 0. The fourth-order valence-corrected chi connectivity index (χ4v) is 5.04. The average molecular weight is 458 g/mol. The minimum absolute atomic E-state index is 0.119. The maximum atomic E-state index is 13.2. The van der Waals surface area contributed by atoms with E-state index in [1.807, 2.05) is 49.1 Å². The number of benzene rings is 2. The first-order valence-electron chi connectivity index (χ1n) is 12.3. The van der Waals surface area contributed by atoms with Crippen molar-refractivity contribution in [2.75, 3.05) is 25.5 Å². The van der Waals surface area contributed by atoms with E-state index < -0.39 is 0 Å². The molecule has 0 unspecified atom stereocenters. The number of ether oxygens (including phenoxy) is 1. The molecule has 5 heteroatoms. The smallest absolute Gasteiger partial charge is 0.253 e. The van der Waals surface area contributed by atoms with E-state index in [9.17, 15) is 4.79 Å². The van der Waals surface area contributed by atoms with Crippen molar-refractivity contribution >= 4 is 11.6 Å². The van der Waals surface area contributed by atoms with Gasteiger partial charge in [-0.3, -0.25) is 4.79 Å². The van der Waals surface area contributed by atoms with Crippen molar-refractivity contribution in [3.63, 3.8) is 0 Å². The summed E-state index contributed by atoms with van der Waals surface area (Å²) in [6.07, 6.45) is 7.58. The fraction of sp³-hybridized carbons (Fsp3) is 0.345. The Balaban J connectivity index is 0.00000133. The molecule has 0 aliphatic carbocycles. The number of aromatic nitrogens is 1. The summed E-state index contributed by atoms with van der Waals surface area (Å²) in [5.74, 6) is 0.958. The third-order valence-corrected chi connectivity index (χ3v) is 6.79. The average Bonchev–Trinajstić information content (AvgIpc) is 3.40. The standard InChI is InChI=1S/C27H29N3O2.C2H6/c1-3-4-7-20-8-5-9-21(18-20)26(31)29-16-13-27(14-17-29)25-10-6-15-30(25)24-12-11-22(32-2)19-23(24)28-27;1-2/h3,5-6,8-12,15,18-19,28H,1,4,7,13-14,16-17H2,2H3;1-2H3. The zero-order valence-corrected chi connectivity index (χ0v) is 20.5. The number of methoxy groups -OCH3 is 1. The first kappa shape index (κ1) is 23.7. The molecule has 178 valence electrons. The van der Waals surface area contributed by atoms with Gasteiger partial charge in [0, 0.05) is 36.6 Å². The number of rotatable bonds is 5. The van der Waals surface area contributed by atoms with Crippen LogP contribution in [0, 0.1) is 0 Å². The molecule has 3 aromatic rings. The molecule has 0 bridgehead atoms. The van der Waals surface area contributed by atoms with Crippen LogP contribution in [0.15, 0.2) is 73.4 Å². The Morgan fingerprint density at radius 2 is 1.91 bits per heavy atom. The van der Waals surface area contributed by atoms with Crippen LogP contribution in [0.25, 0.3) is 5.69 Å². The molecule has 5 rings (SSSR count). The van der Waals surface area contributed by atoms with Crippen LogP contribution in [0.1, 0.15) is 54.7 Å². The van der Waals surface area contributed by atoms with Gasteiger partial charge < -0.3 is 19.5 Å². The van der Waals surface area contributed by atoms with Crippen LogP contribution < -0.4 is 10.1 Å². The number of likely N-dealkylation sites (tertiary alicyclic amines) is 1. The number of hydrogen-bond donors (Lipinski definition) is 1. The minimum Gasteiger partial charge on any atom is -0.497 e. The second-order valence-electron chi connectivity index (χ2n) is 8.67. The van der Waals surface area contributed by atoms with Gasteiger partial charge in [-0.1, -0.05) is 32.1 Å². The predicted octanol–water partition coefficient (Wildman–Crippen LogP) is 6.19. The van der Waals surface area contributed by atoms with Crippen molar-refractivity contribution in [3.05, 3.63) is 90.3 Å². The number of aryl methyl sites for hydroxylation is 1. The summed E-state index contributed by atoms with van der Waals surface area (Å²) in [5.41, 5.74) is 5.23. The van der Waals surface area contributed by atoms with E-state index in [-0.39, 0.29) is 11.4 Å². The molecule has 5 nitrogen and oxygen atoms in total. The molecule has 2 aliphatic heterocycles. The lowest BCUT2D eigenvalue weighted by molar-refractivity contribution is 0.0676. The van der Waals surface area contributed by atoms with Crippen molar-refractivity contribution < 1.29 is 9.53 Å². The largest absolute Gasteiger partial charge is 0.497 e. The van der Waals surface area contributed by atoms with E-state index in [2.05, 4.69) is 53.0 Å². The molecular formula is C29H35N3O2. The van der Waals surface area contributed by atoms with Gasteiger partial charge in [-0.25, -0.2) is 0 Å². The maximum Gasteiger partial charge on any atom is 0.253 e. The van der Waals surface area contributed by atoms with Crippen LogP contribution >= 0.6 is 0 Å². The van der Waals surface area contributed by atoms with Crippen LogP contribution in [0.3, 0.4) is 0 Å². The number of carbonyl (C=O) groups is 1. The number of allylic oxidation sites excluding steroid dienone is 1. The molecule has 1 fully saturated rings. The Bertz CT molecular complexity index is 1160. The molecule has 1 N–H and O–H groups in total. The molecular weight excluding hydrogens is 422 g/mol. The van der Waals surface area contributed by atoms with Crippen LogP contribution in [0.5, 0.6) is 5.75 Å². The Morgan fingerprint density at radius 3 is 2.65 bits per heavy atom. The fourth-order valence-electron chi connectivity index (χ4n) is 5.04. The second kappa shape index (κ2) is 10.2. The van der Waals surface area contributed by atoms with Gasteiger partial charge in [-0.05, 0) is 67.6 Å². The molecule has 0 radical (unpaired) electrons. The highest BCUT2D eigenvalue weighted by Gasteiger charge is 2.42. The van der Waals surface area contributed by atoms with E-state index in [4.69, 9.17) is 4.74 Å². The van der Waals surface area contributed by atoms with Crippen molar-refractivity contribution in [1.29, 1.82) is 0 Å². The molecule has 1 amide bonds. The summed E-state index contributed by atoms with van der Waals surface area (Å²) in [7, 11) is 1.69. The molecule has 2 aromatic carbocycles. The van der Waals surface area contributed by atoms with Crippen molar-refractivity contribution in [1.82, 2.24) is 9.47 Å². The Labute approximate surface area is 203 Å². The van der Waals surface area contributed by atoms with Gasteiger partial charge in [0.15, 0.2) is 0 Å². The molecule has 1 spiro atoms. The van der Waals surface area contributed by atoms with E-state index in [1.165, 1.54) is 11.3 Å². The van der Waals surface area contributed by atoms with Crippen LogP contribution in [0.2, 0.25) is 0 Å². The second-order valence-corrected chi connectivity index (χ2v) is 8.67. The minimum atomic E-state index is -0.189. The SMILES string of the molecule is C=CCCc1cccc(C(=O)N2CCC3(CC2)Nc2cc(OC)ccc2-n2cccc23)c1.CC. The number of piperidine rings is 1. The Hall–Kier alpha value is -3.47. The number of fused-ring (bicyclic) bond motifs is 4. The monoisotopic (exact) mass is 457 g/mol. The van der Waals surface area contributed by atoms with Gasteiger partial charge >= 0.3 is 0 Å². The summed E-state index contributed by atoms with van der Waals surface area (Å²) in [5, 5.41) is 3.81. The third kappa shape index (κ3) is 4.35. The molecule has 0 atom stereocenters. The number of hydrogen-bond acceptors (Lipinski definition) is 3. The van der Waals surface area contributed by atoms with Crippen LogP contribution in [0.4, 0.5) is 5.69 Å². The number of carbonyl (C=O) groups excluding carboxylic acids is 1. The highest BCUT2D eigenvalue weighted by Crippen LogP contribution is 2.44. The first-order valence-corrected chi connectivity index (χ1v) is 12.3. The normalized spacial score (nSPS) is 15.3. The number of anilines is 1. The predicted molar refractivity (Wildman–Crippen MR) is 139 cm³/mol. The van der Waals surface area contributed by atoms with Gasteiger partial charge in [-0.15, -0.1) is 6.58 Å². The van der Waals surface area contributed by atoms with Crippen LogP contribution in [-0.4, -0.2) is 35.6 Å². The Kier molecular flexibility index (Phi) is 7.11.